The summed E-state index contributed by atoms with van der Waals surface area (Å²) in [6.45, 7) is 14.5. The topological polar surface area (TPSA) is 30.8 Å². The van der Waals surface area contributed by atoms with Crippen LogP contribution in [0.5, 0.6) is 0 Å². The number of hydrogen-bond donors (Lipinski definition) is 0. The Balaban J connectivity index is 1.63. The Kier molecular flexibility index (Phi) is 4.78. The lowest BCUT2D eigenvalue weighted by molar-refractivity contribution is -0.102. The van der Waals surface area contributed by atoms with Gasteiger partial charge in [-0.2, -0.15) is 0 Å². The van der Waals surface area contributed by atoms with Crippen LogP contribution in [0, 0.1) is 28.6 Å². The van der Waals surface area contributed by atoms with Crippen LogP contribution in [0.15, 0.2) is 29.0 Å². The highest BCUT2D eigenvalue weighted by Crippen LogP contribution is 2.67. The van der Waals surface area contributed by atoms with Gasteiger partial charge in [0.1, 0.15) is 12.8 Å². The number of hydrogen-bond acceptors (Lipinski definition) is 3. The zero-order chi connectivity index (χ0) is 20.4. The van der Waals surface area contributed by atoms with Crippen molar-refractivity contribution in [2.45, 2.75) is 84.5 Å². The van der Waals surface area contributed by atoms with Crippen LogP contribution < -0.4 is 0 Å². The molecule has 4 rings (SSSR count). The molecule has 0 aromatic carbocycles. The summed E-state index contributed by atoms with van der Waals surface area (Å²) in [5.74, 6) is 2.37. The van der Waals surface area contributed by atoms with Crippen molar-refractivity contribution in [2.24, 2.45) is 33.7 Å². The van der Waals surface area contributed by atoms with Gasteiger partial charge < -0.3 is 9.26 Å². The van der Waals surface area contributed by atoms with Crippen molar-refractivity contribution in [1.82, 2.24) is 0 Å². The first kappa shape index (κ1) is 20.4. The van der Waals surface area contributed by atoms with E-state index in [1.165, 1.54) is 38.5 Å². The molecule has 0 unspecified atom stereocenters. The molecule has 6 atom stereocenters. The largest absolute Gasteiger partial charge is 0.412 e. The summed E-state index contributed by atoms with van der Waals surface area (Å²) in [4.78, 5) is 5.01. The molecule has 0 aromatic rings. The number of nitrogens with zero attached hydrogens (tertiary/aromatic N) is 1. The van der Waals surface area contributed by atoms with Gasteiger partial charge in [0.2, 0.25) is 0 Å². The summed E-state index contributed by atoms with van der Waals surface area (Å²) < 4.78 is 6.89. The van der Waals surface area contributed by atoms with Crippen molar-refractivity contribution in [2.75, 3.05) is 7.11 Å². The zero-order valence-electron chi connectivity index (χ0n) is 19.0. The van der Waals surface area contributed by atoms with E-state index in [-0.39, 0.29) is 11.0 Å². The van der Waals surface area contributed by atoms with Gasteiger partial charge in [0.25, 0.3) is 0 Å². The Morgan fingerprint density at radius 3 is 2.43 bits per heavy atom. The van der Waals surface area contributed by atoms with E-state index >= 15 is 0 Å². The fraction of sp³-hybridized carbons (Fsp3) is 0.792. The lowest BCUT2D eigenvalue weighted by Gasteiger charge is -2.59. The molecule has 0 spiro atoms. The average molecular weight is 402 g/mol. The number of allylic oxidation sites excluding steroid dienone is 4. The minimum absolute atomic E-state index is 0.0603. The standard InChI is InChI=1S/C24H39NO2Si/c1-22-13-10-18(25-26-4)16-17(22)8-9-19-20(22)11-14-23(2)21(19)12-15-24(23,3)27-28(5,6)7/h10,13,16,19-21H,8-9,11-12,14-15H2,1-7H3/b25-18-/t19-,20+,21+,22+,23+,24+/m1/s1. The molecule has 0 aliphatic heterocycles. The van der Waals surface area contributed by atoms with Crippen molar-refractivity contribution in [1.29, 1.82) is 0 Å². The predicted octanol–water partition coefficient (Wildman–Crippen LogP) is 6.34. The molecule has 0 saturated heterocycles. The molecule has 0 aromatic heterocycles. The van der Waals surface area contributed by atoms with E-state index in [1.807, 2.05) is 0 Å². The van der Waals surface area contributed by atoms with Gasteiger partial charge in [-0.1, -0.05) is 30.7 Å². The van der Waals surface area contributed by atoms with Crippen molar-refractivity contribution >= 4 is 14.0 Å². The van der Waals surface area contributed by atoms with Crippen LogP contribution in [0.25, 0.3) is 0 Å². The third kappa shape index (κ3) is 2.97. The van der Waals surface area contributed by atoms with E-state index in [4.69, 9.17) is 9.26 Å². The van der Waals surface area contributed by atoms with Crippen LogP contribution in [0.3, 0.4) is 0 Å². The first-order valence-corrected chi connectivity index (χ1v) is 14.6. The Morgan fingerprint density at radius 2 is 1.75 bits per heavy atom. The summed E-state index contributed by atoms with van der Waals surface area (Å²) in [5, 5.41) is 4.17. The summed E-state index contributed by atoms with van der Waals surface area (Å²) in [6, 6.07) is 0. The number of rotatable bonds is 3. The Bertz CT molecular complexity index is 735. The molecule has 3 saturated carbocycles. The van der Waals surface area contributed by atoms with Crippen LogP contribution in [0.1, 0.15) is 59.3 Å². The van der Waals surface area contributed by atoms with E-state index in [2.05, 4.69) is 63.8 Å². The highest BCUT2D eigenvalue weighted by Gasteiger charge is 2.63. The first-order valence-electron chi connectivity index (χ1n) is 11.2. The van der Waals surface area contributed by atoms with Crippen molar-refractivity contribution in [3.8, 4) is 0 Å². The van der Waals surface area contributed by atoms with E-state index in [1.54, 1.807) is 12.7 Å². The lowest BCUT2D eigenvalue weighted by Crippen LogP contribution is -2.56. The predicted molar refractivity (Wildman–Crippen MR) is 119 cm³/mol. The highest BCUT2D eigenvalue weighted by molar-refractivity contribution is 6.69. The molecule has 0 heterocycles. The average Bonchev–Trinajstić information content (AvgIpc) is 2.85. The second-order valence-corrected chi connectivity index (χ2v) is 15.8. The molecular weight excluding hydrogens is 362 g/mol. The molecular formula is C24H39NO2Si. The van der Waals surface area contributed by atoms with Crippen molar-refractivity contribution in [3.05, 3.63) is 23.8 Å². The summed E-state index contributed by atoms with van der Waals surface area (Å²) in [5.41, 5.74) is 3.11. The maximum Gasteiger partial charge on any atom is 0.184 e. The molecule has 4 aliphatic carbocycles. The third-order valence-corrected chi connectivity index (χ3v) is 9.89. The highest BCUT2D eigenvalue weighted by atomic mass is 28.4. The molecule has 4 heteroatoms. The minimum atomic E-state index is -1.57. The van der Waals surface area contributed by atoms with Gasteiger partial charge in [0.05, 0.1) is 5.60 Å². The summed E-state index contributed by atoms with van der Waals surface area (Å²) in [7, 11) is 0.0653. The molecule has 4 aliphatic rings. The fourth-order valence-corrected chi connectivity index (χ4v) is 9.13. The van der Waals surface area contributed by atoms with E-state index in [9.17, 15) is 0 Å². The Morgan fingerprint density at radius 1 is 1.04 bits per heavy atom. The molecule has 3 nitrogen and oxygen atoms in total. The second-order valence-electron chi connectivity index (χ2n) is 11.3. The Hall–Kier alpha value is -0.873. The summed E-state index contributed by atoms with van der Waals surface area (Å²) >= 11 is 0. The molecule has 0 bridgehead atoms. The van der Waals surface area contributed by atoms with Crippen LogP contribution in [0.2, 0.25) is 19.6 Å². The van der Waals surface area contributed by atoms with Crippen LogP contribution in [-0.2, 0) is 9.26 Å². The van der Waals surface area contributed by atoms with Gasteiger partial charge in [-0.05, 0) is 100 Å². The van der Waals surface area contributed by atoms with Crippen LogP contribution in [-0.4, -0.2) is 26.7 Å². The first-order chi connectivity index (χ1) is 13.0. The minimum Gasteiger partial charge on any atom is -0.412 e. The van der Waals surface area contributed by atoms with Gasteiger partial charge >= 0.3 is 0 Å². The smallest absolute Gasteiger partial charge is 0.184 e. The Labute approximate surface area is 172 Å². The fourth-order valence-electron chi connectivity index (χ4n) is 7.44. The normalized spacial score (nSPS) is 46.6. The molecule has 0 amide bonds. The van der Waals surface area contributed by atoms with Gasteiger partial charge in [-0.25, -0.2) is 0 Å². The number of fused-ring (bicyclic) bond motifs is 5. The van der Waals surface area contributed by atoms with Gasteiger partial charge in [-0.15, -0.1) is 0 Å². The van der Waals surface area contributed by atoms with E-state index in [0.717, 1.165) is 23.5 Å². The van der Waals surface area contributed by atoms with Gasteiger partial charge in [-0.3, -0.25) is 0 Å². The third-order valence-electron chi connectivity index (χ3n) is 8.83. The summed E-state index contributed by atoms with van der Waals surface area (Å²) in [6.07, 6.45) is 14.6. The zero-order valence-corrected chi connectivity index (χ0v) is 20.0. The van der Waals surface area contributed by atoms with Crippen molar-refractivity contribution < 1.29 is 9.26 Å². The lowest BCUT2D eigenvalue weighted by atomic mass is 9.47. The van der Waals surface area contributed by atoms with E-state index < -0.39 is 8.32 Å². The molecule has 156 valence electrons. The van der Waals surface area contributed by atoms with Gasteiger partial charge in [0, 0.05) is 5.41 Å². The van der Waals surface area contributed by atoms with Crippen LogP contribution in [0.4, 0.5) is 0 Å². The maximum absolute atomic E-state index is 6.89. The molecule has 28 heavy (non-hydrogen) atoms. The molecule has 3 fully saturated rings. The quantitative estimate of drug-likeness (QED) is 0.408. The molecule has 0 N–H and O–H groups in total. The van der Waals surface area contributed by atoms with E-state index in [0.29, 0.717) is 5.41 Å². The SMILES string of the molecule is CO/N=C1/C=C[C@@]2(C)C(=C1)CC[C@@H]1[C@@H]2CC[C@@]2(C)[C@H]1CC[C@]2(C)O[Si](C)(C)C. The second kappa shape index (κ2) is 6.56. The maximum atomic E-state index is 6.89. The van der Waals surface area contributed by atoms with Crippen molar-refractivity contribution in [3.63, 3.8) is 0 Å². The van der Waals surface area contributed by atoms with Gasteiger partial charge in [0.15, 0.2) is 8.32 Å². The van der Waals surface area contributed by atoms with Crippen LogP contribution >= 0.6 is 0 Å². The number of oxime groups is 1. The monoisotopic (exact) mass is 401 g/mol. The molecule has 0 radical (unpaired) electrons.